The zero-order valence-electron chi connectivity index (χ0n) is 12.1. The largest absolute Gasteiger partial charge is 0.310 e. The van der Waals surface area contributed by atoms with Crippen LogP contribution in [-0.2, 0) is 14.6 Å². The van der Waals surface area contributed by atoms with E-state index in [1.807, 2.05) is 24.4 Å². The molecule has 3 heterocycles. The van der Waals surface area contributed by atoms with Gasteiger partial charge in [0, 0.05) is 10.9 Å². The number of anilines is 1. The van der Waals surface area contributed by atoms with Gasteiger partial charge in [-0.05, 0) is 24.8 Å². The quantitative estimate of drug-likeness (QED) is 0.924. The highest BCUT2D eigenvalue weighted by Gasteiger charge is 2.31. The number of nitrogens with one attached hydrogen (secondary N) is 1. The Hall–Kier alpha value is -1.67. The van der Waals surface area contributed by atoms with E-state index in [4.69, 9.17) is 0 Å². The standard InChI is InChI=1S/C14H17N3O3S2/c1-10(12-3-2-7-21-12)14(18)16-13-4-6-15-17(13)11-5-8-22(19,20)9-11/h2-4,6-7,10-11H,5,8-9H2,1H3,(H,16,18)/t10-,11-/m0/s1. The van der Waals surface area contributed by atoms with Crippen LogP contribution in [0.3, 0.4) is 0 Å². The van der Waals surface area contributed by atoms with Crippen LogP contribution in [0.15, 0.2) is 29.8 Å². The highest BCUT2D eigenvalue weighted by Crippen LogP contribution is 2.27. The summed E-state index contributed by atoms with van der Waals surface area (Å²) in [6, 6.07) is 5.34. The van der Waals surface area contributed by atoms with Gasteiger partial charge in [0.1, 0.15) is 5.82 Å². The van der Waals surface area contributed by atoms with E-state index >= 15 is 0 Å². The molecule has 6 nitrogen and oxygen atoms in total. The van der Waals surface area contributed by atoms with Crippen molar-refractivity contribution < 1.29 is 13.2 Å². The minimum absolute atomic E-state index is 0.0814. The van der Waals surface area contributed by atoms with Crippen molar-refractivity contribution in [3.05, 3.63) is 34.7 Å². The molecule has 1 fully saturated rings. The van der Waals surface area contributed by atoms with Crippen molar-refractivity contribution in [1.82, 2.24) is 9.78 Å². The van der Waals surface area contributed by atoms with Gasteiger partial charge in [0.05, 0.1) is 29.7 Å². The van der Waals surface area contributed by atoms with E-state index < -0.39 is 9.84 Å². The smallest absolute Gasteiger partial charge is 0.233 e. The van der Waals surface area contributed by atoms with Crippen molar-refractivity contribution in [3.63, 3.8) is 0 Å². The van der Waals surface area contributed by atoms with Gasteiger partial charge in [-0.3, -0.25) is 4.79 Å². The van der Waals surface area contributed by atoms with Crippen LogP contribution in [-0.4, -0.2) is 35.6 Å². The van der Waals surface area contributed by atoms with Gasteiger partial charge < -0.3 is 5.32 Å². The Balaban J connectivity index is 1.74. The van der Waals surface area contributed by atoms with E-state index in [1.165, 1.54) is 11.3 Å². The van der Waals surface area contributed by atoms with Crippen molar-refractivity contribution in [2.45, 2.75) is 25.3 Å². The highest BCUT2D eigenvalue weighted by molar-refractivity contribution is 7.91. The molecule has 1 aliphatic heterocycles. The lowest BCUT2D eigenvalue weighted by molar-refractivity contribution is -0.117. The van der Waals surface area contributed by atoms with Gasteiger partial charge in [-0.25, -0.2) is 13.1 Å². The first-order valence-corrected chi connectivity index (χ1v) is 9.74. The molecular formula is C14H17N3O3S2. The lowest BCUT2D eigenvalue weighted by Crippen LogP contribution is -2.22. The summed E-state index contributed by atoms with van der Waals surface area (Å²) < 4.78 is 24.8. The fraction of sp³-hybridized carbons (Fsp3) is 0.429. The zero-order valence-corrected chi connectivity index (χ0v) is 13.7. The number of rotatable bonds is 4. The molecule has 118 valence electrons. The fourth-order valence-electron chi connectivity index (χ4n) is 2.57. The second kappa shape index (κ2) is 5.85. The minimum atomic E-state index is -2.99. The summed E-state index contributed by atoms with van der Waals surface area (Å²) in [4.78, 5) is 13.3. The average Bonchev–Trinajstić information content (AvgIpc) is 3.18. The van der Waals surface area contributed by atoms with Gasteiger partial charge in [-0.1, -0.05) is 6.07 Å². The summed E-state index contributed by atoms with van der Waals surface area (Å²) in [6.45, 7) is 1.85. The summed E-state index contributed by atoms with van der Waals surface area (Å²) in [6.07, 6.45) is 2.11. The Bertz CT molecular complexity index is 765. The molecule has 0 unspecified atom stereocenters. The van der Waals surface area contributed by atoms with Crippen molar-refractivity contribution in [1.29, 1.82) is 0 Å². The maximum absolute atomic E-state index is 12.3. The summed E-state index contributed by atoms with van der Waals surface area (Å²) >= 11 is 1.54. The third-order valence-corrected chi connectivity index (χ3v) is 6.64. The maximum atomic E-state index is 12.3. The van der Waals surface area contributed by atoms with Crippen molar-refractivity contribution in [2.24, 2.45) is 0 Å². The predicted molar refractivity (Wildman–Crippen MR) is 85.9 cm³/mol. The van der Waals surface area contributed by atoms with Gasteiger partial charge in [-0.15, -0.1) is 11.3 Å². The van der Waals surface area contributed by atoms with Crippen LogP contribution in [0.2, 0.25) is 0 Å². The van der Waals surface area contributed by atoms with E-state index in [1.54, 1.807) is 16.9 Å². The van der Waals surface area contributed by atoms with Gasteiger partial charge in [-0.2, -0.15) is 5.10 Å². The van der Waals surface area contributed by atoms with Crippen LogP contribution in [0, 0.1) is 0 Å². The topological polar surface area (TPSA) is 81.1 Å². The molecule has 0 saturated carbocycles. The van der Waals surface area contributed by atoms with Gasteiger partial charge >= 0.3 is 0 Å². The number of amides is 1. The molecule has 22 heavy (non-hydrogen) atoms. The first-order valence-electron chi connectivity index (χ1n) is 7.04. The first-order chi connectivity index (χ1) is 10.5. The summed E-state index contributed by atoms with van der Waals surface area (Å²) in [5.74, 6) is 0.436. The molecule has 2 atom stereocenters. The third-order valence-electron chi connectivity index (χ3n) is 3.84. The van der Waals surface area contributed by atoms with Crippen LogP contribution in [0.4, 0.5) is 5.82 Å². The Labute approximate surface area is 133 Å². The molecule has 0 aliphatic carbocycles. The Kier molecular flexibility index (Phi) is 4.05. The molecule has 0 spiro atoms. The molecule has 0 bridgehead atoms. The minimum Gasteiger partial charge on any atom is -0.310 e. The molecule has 2 aromatic heterocycles. The van der Waals surface area contributed by atoms with E-state index in [-0.39, 0.29) is 29.4 Å². The van der Waals surface area contributed by atoms with Crippen LogP contribution in [0.25, 0.3) is 0 Å². The monoisotopic (exact) mass is 339 g/mol. The van der Waals surface area contributed by atoms with Gasteiger partial charge in [0.15, 0.2) is 9.84 Å². The lowest BCUT2D eigenvalue weighted by Gasteiger charge is -2.15. The number of sulfone groups is 1. The van der Waals surface area contributed by atoms with Gasteiger partial charge in [0.2, 0.25) is 5.91 Å². The molecule has 2 aromatic rings. The number of carbonyl (C=O) groups excluding carboxylic acids is 1. The molecule has 0 radical (unpaired) electrons. The van der Waals surface area contributed by atoms with Gasteiger partial charge in [0.25, 0.3) is 0 Å². The van der Waals surface area contributed by atoms with Crippen LogP contribution >= 0.6 is 11.3 Å². The van der Waals surface area contributed by atoms with Crippen molar-refractivity contribution >= 4 is 32.9 Å². The second-order valence-electron chi connectivity index (χ2n) is 5.44. The number of carbonyl (C=O) groups is 1. The highest BCUT2D eigenvalue weighted by atomic mass is 32.2. The summed E-state index contributed by atoms with van der Waals surface area (Å²) in [5, 5.41) is 8.97. The number of thiophene rings is 1. The SMILES string of the molecule is C[C@H](C(=O)Nc1ccnn1[C@H]1CCS(=O)(=O)C1)c1cccs1. The lowest BCUT2D eigenvalue weighted by atomic mass is 10.1. The predicted octanol–water partition coefficient (Wildman–Crippen LogP) is 2.05. The zero-order chi connectivity index (χ0) is 15.7. The molecule has 3 rings (SSSR count). The van der Waals surface area contributed by atoms with Crippen molar-refractivity contribution in [3.8, 4) is 0 Å². The van der Waals surface area contributed by atoms with E-state index in [2.05, 4.69) is 10.4 Å². The molecule has 1 amide bonds. The normalized spacial score (nSPS) is 21.6. The summed E-state index contributed by atoms with van der Waals surface area (Å²) in [5.41, 5.74) is 0. The van der Waals surface area contributed by atoms with E-state index in [0.29, 0.717) is 12.2 Å². The molecule has 1 saturated heterocycles. The van der Waals surface area contributed by atoms with E-state index in [9.17, 15) is 13.2 Å². The molecule has 1 aliphatic rings. The third kappa shape index (κ3) is 3.07. The Morgan fingerprint density at radius 2 is 2.32 bits per heavy atom. The van der Waals surface area contributed by atoms with E-state index in [0.717, 1.165) is 4.88 Å². The number of hydrogen-bond donors (Lipinski definition) is 1. The summed E-state index contributed by atoms with van der Waals surface area (Å²) in [7, 11) is -2.99. The van der Waals surface area contributed by atoms with Crippen LogP contribution in [0.1, 0.15) is 30.2 Å². The Morgan fingerprint density at radius 3 is 2.95 bits per heavy atom. The fourth-order valence-corrected chi connectivity index (χ4v) is 5.05. The van der Waals surface area contributed by atoms with Crippen LogP contribution in [0.5, 0.6) is 0 Å². The maximum Gasteiger partial charge on any atom is 0.233 e. The average molecular weight is 339 g/mol. The van der Waals surface area contributed by atoms with Crippen molar-refractivity contribution in [2.75, 3.05) is 16.8 Å². The first kappa shape index (κ1) is 15.2. The number of hydrogen-bond acceptors (Lipinski definition) is 5. The molecule has 1 N–H and O–H groups in total. The number of nitrogens with zero attached hydrogens (tertiary/aromatic N) is 2. The second-order valence-corrected chi connectivity index (χ2v) is 8.65. The Morgan fingerprint density at radius 1 is 1.50 bits per heavy atom. The molecule has 8 heteroatoms. The molecular weight excluding hydrogens is 322 g/mol. The van der Waals surface area contributed by atoms with Crippen LogP contribution < -0.4 is 5.32 Å². The number of aromatic nitrogens is 2. The molecule has 0 aromatic carbocycles.